The number of anilines is 1. The number of benzene rings is 1. The summed E-state index contributed by atoms with van der Waals surface area (Å²) in [6.45, 7) is 4.11. The van der Waals surface area contributed by atoms with Crippen molar-refractivity contribution in [1.29, 1.82) is 0 Å². The lowest BCUT2D eigenvalue weighted by molar-refractivity contribution is -0.126. The molecule has 28 heavy (non-hydrogen) atoms. The van der Waals surface area contributed by atoms with Crippen LogP contribution in [0.1, 0.15) is 30.9 Å². The van der Waals surface area contributed by atoms with Crippen LogP contribution in [-0.2, 0) is 10.2 Å². The molecular formula is C20H22FN3O4. The minimum absolute atomic E-state index is 0.0365. The Morgan fingerprint density at radius 2 is 2.00 bits per heavy atom. The van der Waals surface area contributed by atoms with Gasteiger partial charge in [-0.3, -0.25) is 4.79 Å². The minimum Gasteiger partial charge on any atom is -0.494 e. The third kappa shape index (κ3) is 3.37. The highest BCUT2D eigenvalue weighted by Gasteiger charge is 2.53. The average Bonchev–Trinajstić information content (AvgIpc) is 2.62. The highest BCUT2D eigenvalue weighted by molar-refractivity contribution is 6.02. The molecule has 0 unspecified atom stereocenters. The summed E-state index contributed by atoms with van der Waals surface area (Å²) in [5.41, 5.74) is 0.948. The summed E-state index contributed by atoms with van der Waals surface area (Å²) in [5, 5.41) is 12.0. The van der Waals surface area contributed by atoms with E-state index in [0.29, 0.717) is 0 Å². The van der Waals surface area contributed by atoms with E-state index in [-0.39, 0.29) is 36.4 Å². The van der Waals surface area contributed by atoms with E-state index in [0.717, 1.165) is 17.2 Å². The lowest BCUT2D eigenvalue weighted by Crippen LogP contribution is -2.66. The van der Waals surface area contributed by atoms with Crippen LogP contribution in [0.4, 0.5) is 14.9 Å². The van der Waals surface area contributed by atoms with Crippen LogP contribution in [0, 0.1) is 5.95 Å². The Hall–Kier alpha value is -3.16. The molecule has 2 amide bonds. The molecule has 1 aromatic carbocycles. The van der Waals surface area contributed by atoms with Gasteiger partial charge in [0.25, 0.3) is 0 Å². The summed E-state index contributed by atoms with van der Waals surface area (Å²) in [6.07, 6.45) is 0.105. The van der Waals surface area contributed by atoms with Gasteiger partial charge in [0.2, 0.25) is 11.9 Å². The first kappa shape index (κ1) is 19.6. The maximum absolute atomic E-state index is 13.4. The molecule has 2 aromatic rings. The molecule has 1 saturated heterocycles. The van der Waals surface area contributed by atoms with E-state index in [1.165, 1.54) is 18.2 Å². The molecule has 0 aliphatic carbocycles. The lowest BCUT2D eigenvalue weighted by Gasteiger charge is -2.48. The standard InChI is InChI=1S/C20H22FN3O4/c1-12(2)13-6-4-5-7-14(13)20(10-24(11-20)19(26)27)18(25)23-15-9-22-17(21)8-16(15)28-3/h4-9,12H,10-11H2,1-3H3,(H,23,25)(H,26,27). The topological polar surface area (TPSA) is 91.8 Å². The minimum atomic E-state index is -1.08. The predicted molar refractivity (Wildman–Crippen MR) is 101 cm³/mol. The van der Waals surface area contributed by atoms with Crippen molar-refractivity contribution in [2.24, 2.45) is 0 Å². The van der Waals surface area contributed by atoms with Crippen LogP contribution in [0.25, 0.3) is 0 Å². The number of pyridine rings is 1. The number of amides is 2. The van der Waals surface area contributed by atoms with E-state index >= 15 is 0 Å². The Morgan fingerprint density at radius 3 is 2.61 bits per heavy atom. The summed E-state index contributed by atoms with van der Waals surface area (Å²) in [6, 6.07) is 8.60. The number of carboxylic acid groups (broad SMARTS) is 1. The van der Waals surface area contributed by atoms with Crippen molar-refractivity contribution < 1.29 is 23.8 Å². The fraction of sp³-hybridized carbons (Fsp3) is 0.350. The van der Waals surface area contributed by atoms with Crippen molar-refractivity contribution in [2.45, 2.75) is 25.2 Å². The maximum atomic E-state index is 13.4. The van der Waals surface area contributed by atoms with Gasteiger partial charge in [0.1, 0.15) is 16.9 Å². The van der Waals surface area contributed by atoms with Crippen LogP contribution in [-0.4, -0.2) is 47.2 Å². The van der Waals surface area contributed by atoms with Crippen molar-refractivity contribution in [3.8, 4) is 5.75 Å². The molecule has 2 heterocycles. The molecule has 0 radical (unpaired) electrons. The van der Waals surface area contributed by atoms with Gasteiger partial charge in [0.05, 0.1) is 13.3 Å². The number of nitrogens with zero attached hydrogens (tertiary/aromatic N) is 2. The van der Waals surface area contributed by atoms with E-state index < -0.39 is 17.5 Å². The molecule has 1 aliphatic rings. The monoisotopic (exact) mass is 387 g/mol. The number of carbonyl (C=O) groups excluding carboxylic acids is 1. The number of aromatic nitrogens is 1. The smallest absolute Gasteiger partial charge is 0.407 e. The Labute approximate surface area is 162 Å². The Kier molecular flexibility index (Phi) is 5.22. The summed E-state index contributed by atoms with van der Waals surface area (Å²) in [5.74, 6) is -0.815. The molecule has 148 valence electrons. The van der Waals surface area contributed by atoms with Crippen LogP contribution in [0.15, 0.2) is 36.5 Å². The predicted octanol–water partition coefficient (Wildman–Crippen LogP) is 3.22. The molecule has 0 atom stereocenters. The summed E-state index contributed by atoms with van der Waals surface area (Å²) in [4.78, 5) is 29.4. The first-order valence-corrected chi connectivity index (χ1v) is 8.86. The Bertz CT molecular complexity index is 910. The molecule has 0 spiro atoms. The summed E-state index contributed by atoms with van der Waals surface area (Å²) in [7, 11) is 1.36. The van der Waals surface area contributed by atoms with Gasteiger partial charge in [-0.15, -0.1) is 0 Å². The molecule has 8 heteroatoms. The molecule has 0 saturated carbocycles. The van der Waals surface area contributed by atoms with Gasteiger partial charge in [-0.25, -0.2) is 9.78 Å². The Balaban J connectivity index is 2.00. The quantitative estimate of drug-likeness (QED) is 0.769. The molecular weight excluding hydrogens is 365 g/mol. The van der Waals surface area contributed by atoms with E-state index in [9.17, 15) is 19.1 Å². The highest BCUT2D eigenvalue weighted by atomic mass is 19.1. The first-order chi connectivity index (χ1) is 13.3. The van der Waals surface area contributed by atoms with Gasteiger partial charge < -0.3 is 20.1 Å². The van der Waals surface area contributed by atoms with Crippen molar-refractivity contribution in [3.63, 3.8) is 0 Å². The number of nitrogens with one attached hydrogen (secondary N) is 1. The van der Waals surface area contributed by atoms with Gasteiger partial charge in [-0.2, -0.15) is 4.39 Å². The van der Waals surface area contributed by atoms with Crippen LogP contribution in [0.2, 0.25) is 0 Å². The number of methoxy groups -OCH3 is 1. The van der Waals surface area contributed by atoms with Gasteiger partial charge in [-0.1, -0.05) is 38.1 Å². The fourth-order valence-corrected chi connectivity index (χ4v) is 3.53. The van der Waals surface area contributed by atoms with Gasteiger partial charge in [0, 0.05) is 19.2 Å². The molecule has 0 bridgehead atoms. The Morgan fingerprint density at radius 1 is 1.32 bits per heavy atom. The normalized spacial score (nSPS) is 15.1. The zero-order valence-corrected chi connectivity index (χ0v) is 15.9. The largest absolute Gasteiger partial charge is 0.494 e. The average molecular weight is 387 g/mol. The summed E-state index contributed by atoms with van der Waals surface area (Å²) < 4.78 is 18.5. The summed E-state index contributed by atoms with van der Waals surface area (Å²) >= 11 is 0. The van der Waals surface area contributed by atoms with Crippen LogP contribution in [0.3, 0.4) is 0 Å². The lowest BCUT2D eigenvalue weighted by atomic mass is 9.70. The maximum Gasteiger partial charge on any atom is 0.407 e. The van der Waals surface area contributed by atoms with Crippen molar-refractivity contribution >= 4 is 17.7 Å². The molecule has 1 fully saturated rings. The zero-order chi connectivity index (χ0) is 20.5. The van der Waals surface area contributed by atoms with Crippen LogP contribution in [0.5, 0.6) is 5.75 Å². The molecule has 1 aliphatic heterocycles. The van der Waals surface area contributed by atoms with E-state index in [1.54, 1.807) is 0 Å². The number of hydrogen-bond donors (Lipinski definition) is 2. The van der Waals surface area contributed by atoms with Crippen LogP contribution >= 0.6 is 0 Å². The van der Waals surface area contributed by atoms with Gasteiger partial charge in [-0.05, 0) is 17.0 Å². The molecule has 1 aromatic heterocycles. The second-order valence-electron chi connectivity index (χ2n) is 7.12. The van der Waals surface area contributed by atoms with Gasteiger partial charge in [0.15, 0.2) is 0 Å². The third-order valence-corrected chi connectivity index (χ3v) is 5.03. The van der Waals surface area contributed by atoms with Crippen molar-refractivity contribution in [2.75, 3.05) is 25.5 Å². The van der Waals surface area contributed by atoms with E-state index in [4.69, 9.17) is 4.74 Å². The number of carbonyl (C=O) groups is 2. The second kappa shape index (κ2) is 7.46. The van der Waals surface area contributed by atoms with E-state index in [2.05, 4.69) is 10.3 Å². The molecule has 3 rings (SSSR count). The first-order valence-electron chi connectivity index (χ1n) is 8.86. The number of hydrogen-bond acceptors (Lipinski definition) is 4. The molecule has 2 N–H and O–H groups in total. The van der Waals surface area contributed by atoms with Crippen LogP contribution < -0.4 is 10.1 Å². The third-order valence-electron chi connectivity index (χ3n) is 5.03. The van der Waals surface area contributed by atoms with E-state index in [1.807, 2.05) is 38.1 Å². The molecule has 7 nitrogen and oxygen atoms in total. The number of ether oxygens (including phenoxy) is 1. The highest BCUT2D eigenvalue weighted by Crippen LogP contribution is 2.40. The fourth-order valence-electron chi connectivity index (χ4n) is 3.53. The second-order valence-corrected chi connectivity index (χ2v) is 7.12. The van der Waals surface area contributed by atoms with Crippen molar-refractivity contribution in [3.05, 3.63) is 53.6 Å². The number of rotatable bonds is 5. The number of likely N-dealkylation sites (tertiary alicyclic amines) is 1. The SMILES string of the molecule is COc1cc(F)ncc1NC(=O)C1(c2ccccc2C(C)C)CN(C(=O)O)C1. The van der Waals surface area contributed by atoms with Crippen molar-refractivity contribution in [1.82, 2.24) is 9.88 Å². The van der Waals surface area contributed by atoms with Gasteiger partial charge >= 0.3 is 6.09 Å². The zero-order valence-electron chi connectivity index (χ0n) is 15.9. The number of halogens is 1.